The average molecular weight is 330 g/mol. The molecule has 1 aliphatic carbocycles. The summed E-state index contributed by atoms with van der Waals surface area (Å²) >= 11 is 9.87. The van der Waals surface area contributed by atoms with Crippen LogP contribution < -0.4 is 5.32 Å². The van der Waals surface area contributed by atoms with Crippen LogP contribution in [0, 0.1) is 5.92 Å². The minimum absolute atomic E-state index is 0.542. The third-order valence-electron chi connectivity index (χ3n) is 3.89. The molecule has 4 heteroatoms. The van der Waals surface area contributed by atoms with E-state index in [1.54, 1.807) is 0 Å². The van der Waals surface area contributed by atoms with Gasteiger partial charge in [-0.3, -0.25) is 4.90 Å². The molecule has 98 valence electrons. The van der Waals surface area contributed by atoms with E-state index in [4.69, 9.17) is 11.6 Å². The number of halogens is 2. The fourth-order valence-electron chi connectivity index (χ4n) is 2.86. The summed E-state index contributed by atoms with van der Waals surface area (Å²) in [5, 5.41) is 4.27. The standard InChI is InChI=1S/C14H18BrClN2/c15-13-4-3-11(16)9-12(13)14(10-1-2-10)18-7-5-17-6-8-18/h3-4,9-10,14,17H,1-2,5-8H2/t14-/m1/s1. The first-order chi connectivity index (χ1) is 8.75. The molecule has 1 saturated carbocycles. The first-order valence-electron chi connectivity index (χ1n) is 6.65. The van der Waals surface area contributed by atoms with Gasteiger partial charge < -0.3 is 5.32 Å². The van der Waals surface area contributed by atoms with Crippen LogP contribution in [0.4, 0.5) is 0 Å². The minimum Gasteiger partial charge on any atom is -0.314 e. The second-order valence-corrected chi connectivity index (χ2v) is 6.52. The topological polar surface area (TPSA) is 15.3 Å². The van der Waals surface area contributed by atoms with Crippen molar-refractivity contribution in [1.82, 2.24) is 10.2 Å². The number of hydrogen-bond donors (Lipinski definition) is 1. The van der Waals surface area contributed by atoms with E-state index >= 15 is 0 Å². The van der Waals surface area contributed by atoms with Crippen molar-refractivity contribution >= 4 is 27.5 Å². The number of hydrogen-bond acceptors (Lipinski definition) is 2. The molecule has 3 rings (SSSR count). The Morgan fingerprint density at radius 2 is 2.00 bits per heavy atom. The van der Waals surface area contributed by atoms with E-state index in [1.165, 1.54) is 22.9 Å². The normalized spacial score (nSPS) is 23.0. The number of nitrogens with one attached hydrogen (secondary N) is 1. The molecule has 1 aromatic rings. The molecule has 2 nitrogen and oxygen atoms in total. The van der Waals surface area contributed by atoms with Gasteiger partial charge in [-0.25, -0.2) is 0 Å². The predicted octanol–water partition coefficient (Wildman–Crippen LogP) is 3.46. The lowest BCUT2D eigenvalue weighted by Gasteiger charge is -2.36. The van der Waals surface area contributed by atoms with E-state index in [9.17, 15) is 0 Å². The number of nitrogens with zero attached hydrogens (tertiary/aromatic N) is 1. The quantitative estimate of drug-likeness (QED) is 0.913. The molecular formula is C14H18BrClN2. The second-order valence-electron chi connectivity index (χ2n) is 5.23. The van der Waals surface area contributed by atoms with E-state index in [0.717, 1.165) is 37.1 Å². The summed E-state index contributed by atoms with van der Waals surface area (Å²) in [4.78, 5) is 2.62. The predicted molar refractivity (Wildman–Crippen MR) is 79.1 cm³/mol. The van der Waals surface area contributed by atoms with Gasteiger partial charge in [0.15, 0.2) is 0 Å². The first-order valence-corrected chi connectivity index (χ1v) is 7.82. The van der Waals surface area contributed by atoms with Crippen LogP contribution in [-0.4, -0.2) is 31.1 Å². The maximum absolute atomic E-state index is 6.17. The van der Waals surface area contributed by atoms with Crippen molar-refractivity contribution < 1.29 is 0 Å². The molecule has 1 aromatic carbocycles. The molecule has 1 heterocycles. The van der Waals surface area contributed by atoms with Crippen LogP contribution in [0.15, 0.2) is 22.7 Å². The molecular weight excluding hydrogens is 312 g/mol. The summed E-state index contributed by atoms with van der Waals surface area (Å²) < 4.78 is 1.20. The molecule has 1 N–H and O–H groups in total. The third-order valence-corrected chi connectivity index (χ3v) is 4.85. The molecule has 1 aliphatic heterocycles. The van der Waals surface area contributed by atoms with Crippen molar-refractivity contribution in [1.29, 1.82) is 0 Å². The van der Waals surface area contributed by atoms with Crippen LogP contribution in [0.1, 0.15) is 24.4 Å². The van der Waals surface area contributed by atoms with Gasteiger partial charge in [0.05, 0.1) is 0 Å². The summed E-state index contributed by atoms with van der Waals surface area (Å²) in [5.74, 6) is 0.817. The lowest BCUT2D eigenvalue weighted by molar-refractivity contribution is 0.155. The summed E-state index contributed by atoms with van der Waals surface area (Å²) in [6.45, 7) is 4.48. The highest BCUT2D eigenvalue weighted by Crippen LogP contribution is 2.46. The summed E-state index contributed by atoms with van der Waals surface area (Å²) in [6.07, 6.45) is 2.71. The zero-order valence-electron chi connectivity index (χ0n) is 10.3. The van der Waals surface area contributed by atoms with Crippen LogP contribution in [0.25, 0.3) is 0 Å². The molecule has 0 spiro atoms. The van der Waals surface area contributed by atoms with Crippen molar-refractivity contribution in [3.63, 3.8) is 0 Å². The number of benzene rings is 1. The van der Waals surface area contributed by atoms with E-state index < -0.39 is 0 Å². The average Bonchev–Trinajstić information content (AvgIpc) is 3.20. The van der Waals surface area contributed by atoms with Crippen LogP contribution >= 0.6 is 27.5 Å². The highest BCUT2D eigenvalue weighted by atomic mass is 79.9. The molecule has 0 radical (unpaired) electrons. The molecule has 18 heavy (non-hydrogen) atoms. The highest BCUT2D eigenvalue weighted by Gasteiger charge is 2.37. The van der Waals surface area contributed by atoms with Gasteiger partial charge in [0.1, 0.15) is 0 Å². The lowest BCUT2D eigenvalue weighted by Crippen LogP contribution is -2.45. The fraction of sp³-hybridized carbons (Fsp3) is 0.571. The van der Waals surface area contributed by atoms with E-state index in [2.05, 4.69) is 38.3 Å². The highest BCUT2D eigenvalue weighted by molar-refractivity contribution is 9.10. The number of rotatable bonds is 3. The molecule has 0 unspecified atom stereocenters. The number of piperazine rings is 1. The van der Waals surface area contributed by atoms with Gasteiger partial charge in [-0.15, -0.1) is 0 Å². The molecule has 1 atom stereocenters. The Morgan fingerprint density at radius 3 is 2.67 bits per heavy atom. The molecule has 2 aliphatic rings. The Labute approximate surface area is 122 Å². The van der Waals surface area contributed by atoms with Gasteiger partial charge in [-0.1, -0.05) is 27.5 Å². The molecule has 1 saturated heterocycles. The zero-order valence-corrected chi connectivity index (χ0v) is 12.7. The van der Waals surface area contributed by atoms with Crippen molar-refractivity contribution in [3.8, 4) is 0 Å². The summed E-state index contributed by atoms with van der Waals surface area (Å²) in [5.41, 5.74) is 1.37. The van der Waals surface area contributed by atoms with Gasteiger partial charge in [-0.05, 0) is 42.5 Å². The Kier molecular flexibility index (Phi) is 3.94. The summed E-state index contributed by atoms with van der Waals surface area (Å²) in [6, 6.07) is 6.71. The van der Waals surface area contributed by atoms with Crippen LogP contribution in [-0.2, 0) is 0 Å². The molecule has 0 bridgehead atoms. The SMILES string of the molecule is Clc1ccc(Br)c([C@@H](C2CC2)N2CCNCC2)c1. The van der Waals surface area contributed by atoms with Crippen molar-refractivity contribution in [3.05, 3.63) is 33.3 Å². The third kappa shape index (κ3) is 2.74. The monoisotopic (exact) mass is 328 g/mol. The van der Waals surface area contributed by atoms with Gasteiger partial charge in [-0.2, -0.15) is 0 Å². The van der Waals surface area contributed by atoms with Crippen LogP contribution in [0.5, 0.6) is 0 Å². The van der Waals surface area contributed by atoms with E-state index in [0.29, 0.717) is 6.04 Å². The van der Waals surface area contributed by atoms with E-state index in [-0.39, 0.29) is 0 Å². The second kappa shape index (κ2) is 5.49. The van der Waals surface area contributed by atoms with Crippen molar-refractivity contribution in [2.75, 3.05) is 26.2 Å². The fourth-order valence-corrected chi connectivity index (χ4v) is 3.52. The Balaban J connectivity index is 1.90. The molecule has 2 fully saturated rings. The zero-order chi connectivity index (χ0) is 12.5. The van der Waals surface area contributed by atoms with Crippen LogP contribution in [0.3, 0.4) is 0 Å². The summed E-state index contributed by atoms with van der Waals surface area (Å²) in [7, 11) is 0. The smallest absolute Gasteiger partial charge is 0.0410 e. The molecule has 0 amide bonds. The largest absolute Gasteiger partial charge is 0.314 e. The van der Waals surface area contributed by atoms with Gasteiger partial charge in [0.25, 0.3) is 0 Å². The van der Waals surface area contributed by atoms with Crippen LogP contribution in [0.2, 0.25) is 5.02 Å². The van der Waals surface area contributed by atoms with Crippen molar-refractivity contribution in [2.24, 2.45) is 5.92 Å². The first kappa shape index (κ1) is 12.9. The Hall–Kier alpha value is -0.0900. The Morgan fingerprint density at radius 1 is 1.28 bits per heavy atom. The van der Waals surface area contributed by atoms with Gasteiger partial charge in [0, 0.05) is 41.7 Å². The lowest BCUT2D eigenvalue weighted by atomic mass is 10.00. The van der Waals surface area contributed by atoms with E-state index in [1.807, 2.05) is 6.07 Å². The minimum atomic E-state index is 0.542. The van der Waals surface area contributed by atoms with Gasteiger partial charge in [0.2, 0.25) is 0 Å². The maximum Gasteiger partial charge on any atom is 0.0410 e. The van der Waals surface area contributed by atoms with Crippen molar-refractivity contribution in [2.45, 2.75) is 18.9 Å². The van der Waals surface area contributed by atoms with Gasteiger partial charge >= 0.3 is 0 Å². The maximum atomic E-state index is 6.17. The Bertz CT molecular complexity index is 428. The molecule has 0 aromatic heterocycles.